The molecule has 4 nitrogen and oxygen atoms in total. The lowest BCUT2D eigenvalue weighted by Crippen LogP contribution is -2.37. The molecule has 1 rings (SSSR count). The number of halogens is 1. The fourth-order valence-electron chi connectivity index (χ4n) is 1.96. The van der Waals surface area contributed by atoms with Crippen molar-refractivity contribution in [1.82, 2.24) is 10.2 Å². The van der Waals surface area contributed by atoms with Gasteiger partial charge in [-0.2, -0.15) is 0 Å². The molecule has 1 aromatic carbocycles. The zero-order chi connectivity index (χ0) is 15.1. The molecule has 2 amide bonds. The Hall–Kier alpha value is -1.55. The van der Waals surface area contributed by atoms with E-state index < -0.39 is 0 Å². The van der Waals surface area contributed by atoms with Gasteiger partial charge in [0.25, 0.3) is 5.91 Å². The SMILES string of the molecule is CC(=O)N(CCCNC(=O)c1cccc(Cl)c1)C(C)C. The van der Waals surface area contributed by atoms with E-state index in [0.717, 1.165) is 6.42 Å². The molecule has 0 aromatic heterocycles. The summed E-state index contributed by atoms with van der Waals surface area (Å²) in [7, 11) is 0. The Balaban J connectivity index is 2.37. The van der Waals surface area contributed by atoms with Crippen molar-refractivity contribution in [2.24, 2.45) is 0 Å². The molecule has 0 bridgehead atoms. The van der Waals surface area contributed by atoms with E-state index in [1.54, 1.807) is 36.1 Å². The number of hydrogen-bond donors (Lipinski definition) is 1. The molecule has 0 radical (unpaired) electrons. The quantitative estimate of drug-likeness (QED) is 0.821. The Morgan fingerprint density at radius 2 is 2.05 bits per heavy atom. The summed E-state index contributed by atoms with van der Waals surface area (Å²) in [4.78, 5) is 25.0. The molecule has 0 spiro atoms. The van der Waals surface area contributed by atoms with Gasteiger partial charge in [-0.05, 0) is 38.5 Å². The third kappa shape index (κ3) is 5.21. The third-order valence-corrected chi connectivity index (χ3v) is 3.21. The Labute approximate surface area is 125 Å². The van der Waals surface area contributed by atoms with Gasteiger partial charge < -0.3 is 10.2 Å². The van der Waals surface area contributed by atoms with Gasteiger partial charge in [-0.15, -0.1) is 0 Å². The molecular formula is C15H21ClN2O2. The minimum atomic E-state index is -0.147. The second kappa shape index (κ2) is 7.90. The number of carbonyl (C=O) groups is 2. The average molecular weight is 297 g/mol. The maximum atomic E-state index is 11.9. The molecule has 0 saturated heterocycles. The number of rotatable bonds is 6. The Kier molecular flexibility index (Phi) is 6.52. The van der Waals surface area contributed by atoms with E-state index in [2.05, 4.69) is 5.32 Å². The number of carbonyl (C=O) groups excluding carboxylic acids is 2. The van der Waals surface area contributed by atoms with Crippen molar-refractivity contribution in [3.63, 3.8) is 0 Å². The Morgan fingerprint density at radius 3 is 2.60 bits per heavy atom. The molecule has 0 aliphatic rings. The summed E-state index contributed by atoms with van der Waals surface area (Å²) in [6.45, 7) is 6.69. The van der Waals surface area contributed by atoms with Gasteiger partial charge in [-0.1, -0.05) is 17.7 Å². The van der Waals surface area contributed by atoms with E-state index in [4.69, 9.17) is 11.6 Å². The van der Waals surface area contributed by atoms with Crippen molar-refractivity contribution in [3.8, 4) is 0 Å². The summed E-state index contributed by atoms with van der Waals surface area (Å²) in [5, 5.41) is 3.37. The van der Waals surface area contributed by atoms with Crippen LogP contribution in [-0.2, 0) is 4.79 Å². The number of nitrogens with one attached hydrogen (secondary N) is 1. The van der Waals surface area contributed by atoms with Crippen molar-refractivity contribution in [2.45, 2.75) is 33.2 Å². The topological polar surface area (TPSA) is 49.4 Å². The maximum absolute atomic E-state index is 11.9. The summed E-state index contributed by atoms with van der Waals surface area (Å²) in [6.07, 6.45) is 0.726. The second-order valence-electron chi connectivity index (χ2n) is 4.93. The lowest BCUT2D eigenvalue weighted by Gasteiger charge is -2.25. The lowest BCUT2D eigenvalue weighted by molar-refractivity contribution is -0.130. The minimum absolute atomic E-state index is 0.0566. The van der Waals surface area contributed by atoms with Crippen LogP contribution in [0.1, 0.15) is 37.6 Å². The molecule has 20 heavy (non-hydrogen) atoms. The van der Waals surface area contributed by atoms with E-state index >= 15 is 0 Å². The molecular weight excluding hydrogens is 276 g/mol. The van der Waals surface area contributed by atoms with Crippen LogP contribution in [-0.4, -0.2) is 35.8 Å². The van der Waals surface area contributed by atoms with Crippen LogP contribution in [0.25, 0.3) is 0 Å². The van der Waals surface area contributed by atoms with Crippen LogP contribution in [0.2, 0.25) is 5.02 Å². The summed E-state index contributed by atoms with van der Waals surface area (Å²) in [6, 6.07) is 7.00. The first-order valence-corrected chi connectivity index (χ1v) is 7.10. The van der Waals surface area contributed by atoms with Crippen LogP contribution in [0, 0.1) is 0 Å². The Morgan fingerprint density at radius 1 is 1.35 bits per heavy atom. The first kappa shape index (κ1) is 16.5. The van der Waals surface area contributed by atoms with Gasteiger partial charge in [0.15, 0.2) is 0 Å². The smallest absolute Gasteiger partial charge is 0.251 e. The van der Waals surface area contributed by atoms with Gasteiger partial charge in [0.2, 0.25) is 5.91 Å². The standard InChI is InChI=1S/C15H21ClN2O2/c1-11(2)18(12(3)19)9-5-8-17-15(20)13-6-4-7-14(16)10-13/h4,6-7,10-11H,5,8-9H2,1-3H3,(H,17,20). The summed E-state index contributed by atoms with van der Waals surface area (Å²) in [5.41, 5.74) is 0.546. The van der Waals surface area contributed by atoms with Gasteiger partial charge >= 0.3 is 0 Å². The molecule has 1 N–H and O–H groups in total. The van der Waals surface area contributed by atoms with Crippen LogP contribution in [0.4, 0.5) is 0 Å². The predicted octanol–water partition coefficient (Wildman–Crippen LogP) is 2.72. The predicted molar refractivity (Wildman–Crippen MR) is 80.9 cm³/mol. The molecule has 0 aliphatic carbocycles. The first-order chi connectivity index (χ1) is 9.41. The molecule has 1 aromatic rings. The number of nitrogens with zero attached hydrogens (tertiary/aromatic N) is 1. The average Bonchev–Trinajstić information content (AvgIpc) is 2.37. The molecule has 5 heteroatoms. The van der Waals surface area contributed by atoms with Crippen molar-refractivity contribution in [3.05, 3.63) is 34.9 Å². The molecule has 0 fully saturated rings. The van der Waals surface area contributed by atoms with Crippen LogP contribution in [0.5, 0.6) is 0 Å². The molecule has 110 valence electrons. The van der Waals surface area contributed by atoms with E-state index in [1.165, 1.54) is 0 Å². The molecule has 0 aliphatic heterocycles. The highest BCUT2D eigenvalue weighted by atomic mass is 35.5. The molecule has 0 saturated carbocycles. The van der Waals surface area contributed by atoms with Crippen LogP contribution < -0.4 is 5.32 Å². The number of amides is 2. The summed E-state index contributed by atoms with van der Waals surface area (Å²) >= 11 is 5.84. The molecule has 0 atom stereocenters. The van der Waals surface area contributed by atoms with Crippen molar-refractivity contribution >= 4 is 23.4 Å². The van der Waals surface area contributed by atoms with Gasteiger partial charge in [0.1, 0.15) is 0 Å². The van der Waals surface area contributed by atoms with Crippen molar-refractivity contribution in [2.75, 3.05) is 13.1 Å². The first-order valence-electron chi connectivity index (χ1n) is 6.72. The fraction of sp³-hybridized carbons (Fsp3) is 0.467. The van der Waals surface area contributed by atoms with Crippen molar-refractivity contribution in [1.29, 1.82) is 0 Å². The monoisotopic (exact) mass is 296 g/mol. The van der Waals surface area contributed by atoms with Gasteiger partial charge in [-0.25, -0.2) is 0 Å². The highest BCUT2D eigenvalue weighted by Crippen LogP contribution is 2.10. The van der Waals surface area contributed by atoms with Gasteiger partial charge in [-0.3, -0.25) is 9.59 Å². The van der Waals surface area contributed by atoms with E-state index in [-0.39, 0.29) is 17.9 Å². The van der Waals surface area contributed by atoms with Crippen LogP contribution in [0.3, 0.4) is 0 Å². The zero-order valence-electron chi connectivity index (χ0n) is 12.1. The zero-order valence-corrected chi connectivity index (χ0v) is 12.9. The minimum Gasteiger partial charge on any atom is -0.352 e. The third-order valence-electron chi connectivity index (χ3n) is 2.98. The number of hydrogen-bond acceptors (Lipinski definition) is 2. The van der Waals surface area contributed by atoms with Crippen LogP contribution in [0.15, 0.2) is 24.3 Å². The van der Waals surface area contributed by atoms with E-state index in [0.29, 0.717) is 23.7 Å². The second-order valence-corrected chi connectivity index (χ2v) is 5.36. The van der Waals surface area contributed by atoms with E-state index in [1.807, 2.05) is 13.8 Å². The van der Waals surface area contributed by atoms with Gasteiger partial charge in [0, 0.05) is 36.6 Å². The van der Waals surface area contributed by atoms with Gasteiger partial charge in [0.05, 0.1) is 0 Å². The van der Waals surface area contributed by atoms with Crippen LogP contribution >= 0.6 is 11.6 Å². The Bertz CT molecular complexity index is 475. The lowest BCUT2D eigenvalue weighted by atomic mass is 10.2. The maximum Gasteiger partial charge on any atom is 0.251 e. The summed E-state index contributed by atoms with van der Waals surface area (Å²) < 4.78 is 0. The van der Waals surface area contributed by atoms with Crippen molar-refractivity contribution < 1.29 is 9.59 Å². The summed E-state index contributed by atoms with van der Waals surface area (Å²) in [5.74, 6) is -0.0902. The fourth-order valence-corrected chi connectivity index (χ4v) is 2.15. The largest absolute Gasteiger partial charge is 0.352 e. The highest BCUT2D eigenvalue weighted by molar-refractivity contribution is 6.30. The molecule has 0 unspecified atom stereocenters. The molecule has 0 heterocycles. The number of benzene rings is 1. The highest BCUT2D eigenvalue weighted by Gasteiger charge is 2.12. The van der Waals surface area contributed by atoms with E-state index in [9.17, 15) is 9.59 Å². The normalized spacial score (nSPS) is 10.4.